The zero-order valence-electron chi connectivity index (χ0n) is 23.3. The van der Waals surface area contributed by atoms with Gasteiger partial charge in [-0.1, -0.05) is 36.4 Å². The van der Waals surface area contributed by atoms with Crippen LogP contribution < -0.4 is 23.8 Å². The lowest BCUT2D eigenvalue weighted by Gasteiger charge is -2.22. The van der Waals surface area contributed by atoms with Crippen molar-refractivity contribution in [1.82, 2.24) is 0 Å². The van der Waals surface area contributed by atoms with Crippen LogP contribution in [0.2, 0.25) is 0 Å². The van der Waals surface area contributed by atoms with Crippen molar-refractivity contribution >= 4 is 43.0 Å². The predicted octanol–water partition coefficient (Wildman–Crippen LogP) is 4.79. The molecule has 0 aromatic heterocycles. The van der Waals surface area contributed by atoms with E-state index in [1.165, 1.54) is 31.4 Å². The molecule has 0 fully saturated rings. The Bertz CT molecular complexity index is 1740. The number of anilines is 3. The highest BCUT2D eigenvalue weighted by Crippen LogP contribution is 2.28. The van der Waals surface area contributed by atoms with Crippen LogP contribution in [-0.2, 0) is 31.4 Å². The van der Waals surface area contributed by atoms with E-state index in [1.807, 2.05) is 37.3 Å². The molecule has 4 aromatic rings. The van der Waals surface area contributed by atoms with E-state index in [-0.39, 0.29) is 4.90 Å². The Morgan fingerprint density at radius 1 is 0.857 bits per heavy atom. The van der Waals surface area contributed by atoms with Gasteiger partial charge in [-0.25, -0.2) is 16.8 Å². The van der Waals surface area contributed by atoms with Crippen molar-refractivity contribution in [2.45, 2.75) is 18.4 Å². The molecule has 220 valence electrons. The molecule has 0 bridgehead atoms. The van der Waals surface area contributed by atoms with Crippen LogP contribution in [0.1, 0.15) is 11.1 Å². The van der Waals surface area contributed by atoms with Crippen LogP contribution >= 0.6 is 0 Å². The summed E-state index contributed by atoms with van der Waals surface area (Å²) in [7, 11) is -6.30. The zero-order valence-corrected chi connectivity index (χ0v) is 24.9. The Morgan fingerprint density at radius 2 is 1.52 bits per heavy atom. The summed E-state index contributed by atoms with van der Waals surface area (Å²) in [5.74, 6) is 0.312. The number of methoxy groups -OCH3 is 1. The molecule has 0 saturated heterocycles. The molecular formula is C30H31N3O7S2. The number of nitrogens with zero attached hydrogens (tertiary/aromatic N) is 1. The number of benzene rings is 4. The number of hydrogen-bond donors (Lipinski definition) is 2. The third-order valence-corrected chi connectivity index (χ3v) is 8.63. The second-order valence-corrected chi connectivity index (χ2v) is 13.0. The largest absolute Gasteiger partial charge is 0.495 e. The van der Waals surface area contributed by atoms with E-state index in [1.54, 1.807) is 42.5 Å². The molecule has 4 aromatic carbocycles. The average Bonchev–Trinajstić information content (AvgIpc) is 2.95. The average molecular weight is 610 g/mol. The fourth-order valence-corrected chi connectivity index (χ4v) is 5.92. The molecule has 0 heterocycles. The van der Waals surface area contributed by atoms with Crippen molar-refractivity contribution in [2.24, 2.45) is 0 Å². The first-order valence-corrected chi connectivity index (χ1v) is 16.1. The summed E-state index contributed by atoms with van der Waals surface area (Å²) < 4.78 is 65.4. The van der Waals surface area contributed by atoms with Crippen LogP contribution in [-0.4, -0.2) is 42.7 Å². The summed E-state index contributed by atoms with van der Waals surface area (Å²) in [5.41, 5.74) is 2.72. The van der Waals surface area contributed by atoms with Gasteiger partial charge in [0.05, 0.1) is 29.6 Å². The quantitative estimate of drug-likeness (QED) is 0.236. The number of rotatable bonds is 12. The molecule has 0 aliphatic carbocycles. The van der Waals surface area contributed by atoms with Gasteiger partial charge in [0, 0.05) is 5.69 Å². The van der Waals surface area contributed by atoms with Crippen LogP contribution in [0.4, 0.5) is 17.1 Å². The van der Waals surface area contributed by atoms with Crippen molar-refractivity contribution in [1.29, 1.82) is 0 Å². The highest BCUT2D eigenvalue weighted by atomic mass is 32.2. The minimum absolute atomic E-state index is 0.0311. The topological polar surface area (TPSA) is 131 Å². The Balaban J connectivity index is 1.40. The van der Waals surface area contributed by atoms with Crippen molar-refractivity contribution in [2.75, 3.05) is 34.3 Å². The summed E-state index contributed by atoms with van der Waals surface area (Å²) >= 11 is 0. The van der Waals surface area contributed by atoms with Gasteiger partial charge in [0.1, 0.15) is 24.7 Å². The molecule has 0 aliphatic heterocycles. The molecule has 42 heavy (non-hydrogen) atoms. The van der Waals surface area contributed by atoms with Gasteiger partial charge in [-0.15, -0.1) is 0 Å². The molecule has 0 radical (unpaired) electrons. The third-order valence-electron chi connectivity index (χ3n) is 6.11. The highest BCUT2D eigenvalue weighted by molar-refractivity contribution is 7.92. The van der Waals surface area contributed by atoms with Crippen molar-refractivity contribution in [3.05, 3.63) is 108 Å². The first-order chi connectivity index (χ1) is 19.9. The van der Waals surface area contributed by atoms with E-state index in [2.05, 4.69) is 10.0 Å². The lowest BCUT2D eigenvalue weighted by Crippen LogP contribution is -2.37. The number of carbonyl (C=O) groups is 1. The second kappa shape index (κ2) is 13.0. The minimum Gasteiger partial charge on any atom is -0.495 e. The van der Waals surface area contributed by atoms with Gasteiger partial charge in [-0.05, 0) is 78.7 Å². The third kappa shape index (κ3) is 8.02. The van der Waals surface area contributed by atoms with Gasteiger partial charge < -0.3 is 14.8 Å². The van der Waals surface area contributed by atoms with Gasteiger partial charge in [0.15, 0.2) is 0 Å². The Kier molecular flexibility index (Phi) is 9.38. The Morgan fingerprint density at radius 3 is 2.14 bits per heavy atom. The molecule has 0 spiro atoms. The number of carbonyl (C=O) groups excluding carboxylic acids is 1. The fraction of sp³-hybridized carbons (Fsp3) is 0.167. The zero-order chi connectivity index (χ0) is 30.3. The first kappa shape index (κ1) is 30.4. The van der Waals surface area contributed by atoms with Gasteiger partial charge in [-0.3, -0.25) is 13.8 Å². The molecule has 4 rings (SSSR count). The number of nitrogens with one attached hydrogen (secondary N) is 2. The van der Waals surface area contributed by atoms with Crippen molar-refractivity contribution in [3.63, 3.8) is 0 Å². The van der Waals surface area contributed by atoms with Crippen molar-refractivity contribution in [3.8, 4) is 11.5 Å². The monoisotopic (exact) mass is 609 g/mol. The molecular weight excluding hydrogens is 578 g/mol. The van der Waals surface area contributed by atoms with Crippen LogP contribution in [0, 0.1) is 6.92 Å². The maximum Gasteiger partial charge on any atom is 0.262 e. The van der Waals surface area contributed by atoms with E-state index < -0.39 is 32.5 Å². The van der Waals surface area contributed by atoms with E-state index in [4.69, 9.17) is 9.47 Å². The molecule has 0 saturated carbocycles. The maximum atomic E-state index is 12.9. The van der Waals surface area contributed by atoms with Crippen LogP contribution in [0.15, 0.2) is 102 Å². The SMILES string of the molecule is COc1ccc(C)cc1NS(=O)(=O)c1ccc(NC(=O)CN(c2ccc(OCc3ccccc3)cc2)S(C)(=O)=O)cc1. The van der Waals surface area contributed by atoms with E-state index >= 15 is 0 Å². The van der Waals surface area contributed by atoms with E-state index in [0.29, 0.717) is 35.2 Å². The molecule has 1 amide bonds. The maximum absolute atomic E-state index is 12.9. The van der Waals surface area contributed by atoms with Gasteiger partial charge in [0.2, 0.25) is 15.9 Å². The summed E-state index contributed by atoms with van der Waals surface area (Å²) in [6, 6.07) is 26.6. The van der Waals surface area contributed by atoms with E-state index in [9.17, 15) is 21.6 Å². The number of aryl methyl sites for hydroxylation is 1. The van der Waals surface area contributed by atoms with Gasteiger partial charge >= 0.3 is 0 Å². The molecule has 2 N–H and O–H groups in total. The molecule has 0 aliphatic rings. The summed E-state index contributed by atoms with van der Waals surface area (Å²) in [6.45, 7) is 1.70. The number of amides is 1. The fourth-order valence-electron chi connectivity index (χ4n) is 4.00. The Hall–Kier alpha value is -4.55. The second-order valence-electron chi connectivity index (χ2n) is 9.42. The normalized spacial score (nSPS) is 11.4. The number of ether oxygens (including phenoxy) is 2. The summed E-state index contributed by atoms with van der Waals surface area (Å²) in [5, 5.41) is 2.61. The minimum atomic E-state index is -3.95. The lowest BCUT2D eigenvalue weighted by molar-refractivity contribution is -0.114. The first-order valence-electron chi connectivity index (χ1n) is 12.8. The predicted molar refractivity (Wildman–Crippen MR) is 163 cm³/mol. The summed E-state index contributed by atoms with van der Waals surface area (Å²) in [4.78, 5) is 12.8. The van der Waals surface area contributed by atoms with Gasteiger partial charge in [0.25, 0.3) is 10.0 Å². The van der Waals surface area contributed by atoms with Crippen LogP contribution in [0.5, 0.6) is 11.5 Å². The van der Waals surface area contributed by atoms with Gasteiger partial charge in [-0.2, -0.15) is 0 Å². The van der Waals surface area contributed by atoms with Crippen molar-refractivity contribution < 1.29 is 31.1 Å². The lowest BCUT2D eigenvalue weighted by atomic mass is 10.2. The van der Waals surface area contributed by atoms with Crippen LogP contribution in [0.25, 0.3) is 0 Å². The standard InChI is InChI=1S/C30H31N3O7S2/c1-22-9-18-29(39-2)28(19-22)32-42(37,38)27-16-10-24(11-17-27)31-30(34)20-33(41(3,35)36)25-12-14-26(15-13-25)40-21-23-7-5-4-6-8-23/h4-19,32H,20-21H2,1-3H3,(H,31,34). The molecule has 12 heteroatoms. The summed E-state index contributed by atoms with van der Waals surface area (Å²) in [6.07, 6.45) is 1.01. The number of hydrogen-bond acceptors (Lipinski definition) is 7. The molecule has 10 nitrogen and oxygen atoms in total. The highest BCUT2D eigenvalue weighted by Gasteiger charge is 2.22. The van der Waals surface area contributed by atoms with Crippen LogP contribution in [0.3, 0.4) is 0 Å². The number of sulfonamides is 2. The Labute approximate surface area is 246 Å². The smallest absolute Gasteiger partial charge is 0.262 e. The molecule has 0 unspecified atom stereocenters. The van der Waals surface area contributed by atoms with E-state index in [0.717, 1.165) is 21.7 Å². The molecule has 0 atom stereocenters.